The van der Waals surface area contributed by atoms with Crippen LogP contribution in [0.25, 0.3) is 11.5 Å². The highest BCUT2D eigenvalue weighted by Gasteiger charge is 2.26. The Morgan fingerprint density at radius 2 is 2.24 bits per heavy atom. The van der Waals surface area contributed by atoms with E-state index in [1.54, 1.807) is 0 Å². The molecule has 0 aliphatic carbocycles. The average molecular weight is 286 g/mol. The minimum absolute atomic E-state index is 0.177. The maximum atomic E-state index is 5.47. The maximum absolute atomic E-state index is 5.47. The second-order valence-corrected chi connectivity index (χ2v) is 5.94. The van der Waals surface area contributed by atoms with Gasteiger partial charge < -0.3 is 9.84 Å². The molecule has 21 heavy (non-hydrogen) atoms. The molecule has 0 aromatic carbocycles. The summed E-state index contributed by atoms with van der Waals surface area (Å²) in [5.74, 6) is 2.01. The lowest BCUT2D eigenvalue weighted by atomic mass is 9.90. The molecule has 0 saturated carbocycles. The van der Waals surface area contributed by atoms with Crippen LogP contribution in [0.3, 0.4) is 0 Å². The van der Waals surface area contributed by atoms with E-state index in [4.69, 9.17) is 4.52 Å². The summed E-state index contributed by atoms with van der Waals surface area (Å²) in [5, 5.41) is 7.59. The van der Waals surface area contributed by atoms with Crippen molar-refractivity contribution in [1.82, 2.24) is 20.4 Å². The summed E-state index contributed by atoms with van der Waals surface area (Å²) < 4.78 is 5.47. The Bertz CT molecular complexity index is 622. The first kappa shape index (κ1) is 14.2. The zero-order valence-corrected chi connectivity index (χ0v) is 12.9. The number of nitrogens with zero attached hydrogens (tertiary/aromatic N) is 3. The molecule has 1 N–H and O–H groups in total. The third-order valence-electron chi connectivity index (χ3n) is 4.26. The number of hydrogen-bond acceptors (Lipinski definition) is 5. The molecular formula is C16H22N4O. The van der Waals surface area contributed by atoms with Crippen molar-refractivity contribution in [3.05, 3.63) is 29.3 Å². The van der Waals surface area contributed by atoms with Gasteiger partial charge in [0.2, 0.25) is 11.7 Å². The van der Waals surface area contributed by atoms with E-state index in [-0.39, 0.29) is 6.04 Å². The standard InChI is InChI=1S/C16H22N4O/c1-4-12-5-6-17-13(8-12)16-19-15(20-21-16)14-11(3)7-10(2)9-18-14/h7,9,12-13,17H,4-6,8H2,1-3H3. The average Bonchev–Trinajstić information content (AvgIpc) is 2.97. The van der Waals surface area contributed by atoms with Crippen LogP contribution in [0, 0.1) is 19.8 Å². The first-order valence-corrected chi connectivity index (χ1v) is 7.68. The number of aryl methyl sites for hydroxylation is 2. The van der Waals surface area contributed by atoms with Gasteiger partial charge in [0.25, 0.3) is 0 Å². The van der Waals surface area contributed by atoms with Crippen LogP contribution in [-0.2, 0) is 0 Å². The first-order chi connectivity index (χ1) is 10.2. The van der Waals surface area contributed by atoms with Crippen LogP contribution >= 0.6 is 0 Å². The topological polar surface area (TPSA) is 63.8 Å². The molecule has 1 aliphatic rings. The van der Waals surface area contributed by atoms with Crippen LogP contribution in [0.1, 0.15) is 49.2 Å². The van der Waals surface area contributed by atoms with Gasteiger partial charge in [0.05, 0.1) is 6.04 Å². The van der Waals surface area contributed by atoms with Crippen LogP contribution in [0.15, 0.2) is 16.8 Å². The SMILES string of the molecule is CCC1CCNC(c2nc(-c3ncc(C)cc3C)no2)C1. The molecule has 2 atom stereocenters. The summed E-state index contributed by atoms with van der Waals surface area (Å²) in [5.41, 5.74) is 3.02. The number of piperidine rings is 1. The van der Waals surface area contributed by atoms with Crippen LogP contribution in [-0.4, -0.2) is 21.7 Å². The molecule has 2 unspecified atom stereocenters. The van der Waals surface area contributed by atoms with Crippen molar-refractivity contribution in [3.8, 4) is 11.5 Å². The predicted octanol–water partition coefficient (Wildman–Crippen LogP) is 3.20. The van der Waals surface area contributed by atoms with Gasteiger partial charge in [-0.05, 0) is 50.3 Å². The smallest absolute Gasteiger partial charge is 0.244 e. The molecule has 0 amide bonds. The fourth-order valence-electron chi connectivity index (χ4n) is 2.98. The van der Waals surface area contributed by atoms with Gasteiger partial charge in [0, 0.05) is 6.20 Å². The third kappa shape index (κ3) is 2.97. The van der Waals surface area contributed by atoms with Gasteiger partial charge in [0.15, 0.2) is 0 Å². The molecular weight excluding hydrogens is 264 g/mol. The lowest BCUT2D eigenvalue weighted by Crippen LogP contribution is -2.31. The minimum Gasteiger partial charge on any atom is -0.337 e. The third-order valence-corrected chi connectivity index (χ3v) is 4.26. The van der Waals surface area contributed by atoms with E-state index >= 15 is 0 Å². The fraction of sp³-hybridized carbons (Fsp3) is 0.562. The molecule has 1 fully saturated rings. The van der Waals surface area contributed by atoms with E-state index in [9.17, 15) is 0 Å². The number of pyridine rings is 1. The van der Waals surface area contributed by atoms with E-state index in [1.165, 1.54) is 12.8 Å². The lowest BCUT2D eigenvalue weighted by molar-refractivity contribution is 0.246. The van der Waals surface area contributed by atoms with Gasteiger partial charge in [0.1, 0.15) is 5.69 Å². The Morgan fingerprint density at radius 3 is 3.00 bits per heavy atom. The number of rotatable bonds is 3. The molecule has 3 heterocycles. The molecule has 1 saturated heterocycles. The fourth-order valence-corrected chi connectivity index (χ4v) is 2.98. The Hall–Kier alpha value is -1.75. The molecule has 1 aliphatic heterocycles. The van der Waals surface area contributed by atoms with Crippen molar-refractivity contribution in [2.45, 2.75) is 46.1 Å². The summed E-state index contributed by atoms with van der Waals surface area (Å²) in [7, 11) is 0. The van der Waals surface area contributed by atoms with Crippen LogP contribution in [0.4, 0.5) is 0 Å². The molecule has 2 aromatic heterocycles. The molecule has 0 radical (unpaired) electrons. The van der Waals surface area contributed by atoms with Gasteiger partial charge in [-0.1, -0.05) is 24.6 Å². The Balaban J connectivity index is 1.83. The molecule has 0 spiro atoms. The second kappa shape index (κ2) is 5.93. The van der Waals surface area contributed by atoms with Crippen molar-refractivity contribution in [3.63, 3.8) is 0 Å². The predicted molar refractivity (Wildman–Crippen MR) is 80.8 cm³/mol. The maximum Gasteiger partial charge on any atom is 0.244 e. The van der Waals surface area contributed by atoms with Crippen molar-refractivity contribution in [2.24, 2.45) is 5.92 Å². The Kier molecular flexibility index (Phi) is 4.01. The summed E-state index contributed by atoms with van der Waals surface area (Å²) in [4.78, 5) is 8.99. The summed E-state index contributed by atoms with van der Waals surface area (Å²) in [6.45, 7) is 7.31. The van der Waals surface area contributed by atoms with Gasteiger partial charge in [-0.15, -0.1) is 0 Å². The number of hydrogen-bond donors (Lipinski definition) is 1. The van der Waals surface area contributed by atoms with Gasteiger partial charge >= 0.3 is 0 Å². The first-order valence-electron chi connectivity index (χ1n) is 7.68. The minimum atomic E-state index is 0.177. The zero-order valence-electron chi connectivity index (χ0n) is 12.9. The molecule has 0 bridgehead atoms. The van der Waals surface area contributed by atoms with Crippen molar-refractivity contribution in [1.29, 1.82) is 0 Å². The summed E-state index contributed by atoms with van der Waals surface area (Å²) in [6.07, 6.45) is 5.34. The van der Waals surface area contributed by atoms with Gasteiger partial charge in [-0.3, -0.25) is 4.98 Å². The Morgan fingerprint density at radius 1 is 1.38 bits per heavy atom. The summed E-state index contributed by atoms with van der Waals surface area (Å²) in [6, 6.07) is 2.26. The van der Waals surface area contributed by atoms with E-state index in [0.717, 1.165) is 35.7 Å². The molecule has 3 rings (SSSR count). The molecule has 2 aromatic rings. The number of aromatic nitrogens is 3. The van der Waals surface area contributed by atoms with Crippen molar-refractivity contribution < 1.29 is 4.52 Å². The molecule has 112 valence electrons. The highest BCUT2D eigenvalue weighted by atomic mass is 16.5. The van der Waals surface area contributed by atoms with Crippen LogP contribution in [0.5, 0.6) is 0 Å². The van der Waals surface area contributed by atoms with Crippen LogP contribution < -0.4 is 5.32 Å². The van der Waals surface area contributed by atoms with Crippen molar-refractivity contribution >= 4 is 0 Å². The zero-order chi connectivity index (χ0) is 14.8. The summed E-state index contributed by atoms with van der Waals surface area (Å²) >= 11 is 0. The highest BCUT2D eigenvalue weighted by Crippen LogP contribution is 2.29. The van der Waals surface area contributed by atoms with E-state index in [1.807, 2.05) is 20.0 Å². The Labute approximate surface area is 125 Å². The van der Waals surface area contributed by atoms with E-state index in [0.29, 0.717) is 11.7 Å². The lowest BCUT2D eigenvalue weighted by Gasteiger charge is -2.27. The largest absolute Gasteiger partial charge is 0.337 e. The van der Waals surface area contributed by atoms with Gasteiger partial charge in [-0.25, -0.2) is 0 Å². The van der Waals surface area contributed by atoms with E-state index in [2.05, 4.69) is 33.4 Å². The molecule has 5 heteroatoms. The van der Waals surface area contributed by atoms with Crippen molar-refractivity contribution in [2.75, 3.05) is 6.54 Å². The van der Waals surface area contributed by atoms with Crippen LogP contribution in [0.2, 0.25) is 0 Å². The normalized spacial score (nSPS) is 22.4. The van der Waals surface area contributed by atoms with Gasteiger partial charge in [-0.2, -0.15) is 4.98 Å². The number of nitrogens with one attached hydrogen (secondary N) is 1. The quantitative estimate of drug-likeness (QED) is 0.938. The van der Waals surface area contributed by atoms with E-state index < -0.39 is 0 Å². The highest BCUT2D eigenvalue weighted by molar-refractivity contribution is 5.54. The molecule has 5 nitrogen and oxygen atoms in total. The monoisotopic (exact) mass is 286 g/mol. The second-order valence-electron chi connectivity index (χ2n) is 5.94.